The highest BCUT2D eigenvalue weighted by molar-refractivity contribution is 7.98. The molecule has 0 aromatic heterocycles. The molecule has 0 fully saturated rings. The molecule has 0 saturated heterocycles. The van der Waals surface area contributed by atoms with Crippen molar-refractivity contribution < 1.29 is 0 Å². The fraction of sp³-hybridized carbons (Fsp3) is 0.0526. The molecular weight excluding hydrogens is 260 g/mol. The van der Waals surface area contributed by atoms with E-state index in [2.05, 4.69) is 84.9 Å². The van der Waals surface area contributed by atoms with Crippen LogP contribution in [0.4, 0.5) is 0 Å². The number of hydrogen-bond acceptors (Lipinski definition) is 1. The number of hydrogen-bond donors (Lipinski definition) is 0. The van der Waals surface area contributed by atoms with Crippen LogP contribution in [0.25, 0.3) is 11.1 Å². The highest BCUT2D eigenvalue weighted by Crippen LogP contribution is 2.27. The number of thioether (sulfide) groups is 1. The Balaban J connectivity index is 1.75. The Morgan fingerprint density at radius 3 is 2.00 bits per heavy atom. The van der Waals surface area contributed by atoms with Crippen molar-refractivity contribution >= 4 is 11.8 Å². The minimum Gasteiger partial charge on any atom is -0.121 e. The van der Waals surface area contributed by atoms with Crippen molar-refractivity contribution in [2.45, 2.75) is 10.6 Å². The third-order valence-corrected chi connectivity index (χ3v) is 4.25. The first-order valence-electron chi connectivity index (χ1n) is 6.74. The van der Waals surface area contributed by atoms with E-state index >= 15 is 0 Å². The number of rotatable bonds is 4. The smallest absolute Gasteiger partial charge is 0.0231 e. The van der Waals surface area contributed by atoms with E-state index in [9.17, 15) is 0 Å². The molecule has 0 aliphatic rings. The molecule has 98 valence electrons. The van der Waals surface area contributed by atoms with E-state index in [-0.39, 0.29) is 0 Å². The monoisotopic (exact) mass is 276 g/mol. The first-order chi connectivity index (χ1) is 9.92. The second kappa shape index (κ2) is 6.44. The van der Waals surface area contributed by atoms with Gasteiger partial charge in [-0.15, -0.1) is 11.8 Å². The summed E-state index contributed by atoms with van der Waals surface area (Å²) in [6, 6.07) is 29.9. The third kappa shape index (κ3) is 3.31. The average Bonchev–Trinajstić information content (AvgIpc) is 2.55. The quantitative estimate of drug-likeness (QED) is 0.555. The lowest BCUT2D eigenvalue weighted by atomic mass is 10.1. The lowest BCUT2D eigenvalue weighted by molar-refractivity contribution is 1.38. The Kier molecular flexibility index (Phi) is 4.19. The molecule has 3 aromatic rings. The molecule has 3 aromatic carbocycles. The minimum atomic E-state index is 1.01. The summed E-state index contributed by atoms with van der Waals surface area (Å²) in [5.74, 6) is 1.01. The SMILES string of the molecule is c1ccc(CSc2cccc(-c3ccccc3)c2)cc1. The van der Waals surface area contributed by atoms with E-state index in [1.807, 2.05) is 11.8 Å². The van der Waals surface area contributed by atoms with E-state index < -0.39 is 0 Å². The van der Waals surface area contributed by atoms with Gasteiger partial charge in [0.1, 0.15) is 0 Å². The largest absolute Gasteiger partial charge is 0.121 e. The van der Waals surface area contributed by atoms with E-state index in [1.54, 1.807) is 0 Å². The maximum atomic E-state index is 2.27. The Morgan fingerprint density at radius 2 is 1.25 bits per heavy atom. The van der Waals surface area contributed by atoms with Gasteiger partial charge in [0, 0.05) is 10.6 Å². The van der Waals surface area contributed by atoms with E-state index in [1.165, 1.54) is 21.6 Å². The van der Waals surface area contributed by atoms with Crippen molar-refractivity contribution in [1.29, 1.82) is 0 Å². The van der Waals surface area contributed by atoms with E-state index in [0.717, 1.165) is 5.75 Å². The van der Waals surface area contributed by atoms with Crippen LogP contribution in [0.1, 0.15) is 5.56 Å². The first kappa shape index (κ1) is 13.0. The summed E-state index contributed by atoms with van der Waals surface area (Å²) in [4.78, 5) is 1.32. The van der Waals surface area contributed by atoms with Gasteiger partial charge in [0.15, 0.2) is 0 Å². The molecule has 0 aliphatic heterocycles. The maximum Gasteiger partial charge on any atom is 0.0231 e. The van der Waals surface area contributed by atoms with Gasteiger partial charge in [0.25, 0.3) is 0 Å². The zero-order valence-electron chi connectivity index (χ0n) is 11.2. The molecule has 0 heterocycles. The van der Waals surface area contributed by atoms with E-state index in [0.29, 0.717) is 0 Å². The highest BCUT2D eigenvalue weighted by atomic mass is 32.2. The molecule has 0 N–H and O–H groups in total. The van der Waals surface area contributed by atoms with Crippen LogP contribution in [-0.2, 0) is 5.75 Å². The standard InChI is InChI=1S/C19H16S/c1-3-8-16(9-4-1)15-20-19-13-7-12-18(14-19)17-10-5-2-6-11-17/h1-14H,15H2. The van der Waals surface area contributed by atoms with Crippen LogP contribution >= 0.6 is 11.8 Å². The van der Waals surface area contributed by atoms with Crippen molar-refractivity contribution in [1.82, 2.24) is 0 Å². The van der Waals surface area contributed by atoms with Crippen LogP contribution < -0.4 is 0 Å². The van der Waals surface area contributed by atoms with Crippen LogP contribution in [-0.4, -0.2) is 0 Å². The van der Waals surface area contributed by atoms with Crippen molar-refractivity contribution in [3.05, 3.63) is 90.5 Å². The summed E-state index contributed by atoms with van der Waals surface area (Å²) < 4.78 is 0. The summed E-state index contributed by atoms with van der Waals surface area (Å²) in [6.45, 7) is 0. The molecule has 0 saturated carbocycles. The summed E-state index contributed by atoms with van der Waals surface area (Å²) in [6.07, 6.45) is 0. The van der Waals surface area contributed by atoms with Crippen LogP contribution in [0.15, 0.2) is 89.8 Å². The van der Waals surface area contributed by atoms with Crippen LogP contribution in [0.5, 0.6) is 0 Å². The van der Waals surface area contributed by atoms with Gasteiger partial charge in [-0.05, 0) is 28.8 Å². The number of benzene rings is 3. The summed E-state index contributed by atoms with van der Waals surface area (Å²) >= 11 is 1.88. The molecule has 3 rings (SSSR count). The van der Waals surface area contributed by atoms with Crippen molar-refractivity contribution in [2.75, 3.05) is 0 Å². The molecule has 0 aliphatic carbocycles. The lowest BCUT2D eigenvalue weighted by Crippen LogP contribution is -1.81. The van der Waals surface area contributed by atoms with Gasteiger partial charge in [0.05, 0.1) is 0 Å². The Morgan fingerprint density at radius 1 is 0.600 bits per heavy atom. The normalized spacial score (nSPS) is 10.4. The van der Waals surface area contributed by atoms with Crippen LogP contribution in [0.2, 0.25) is 0 Å². The fourth-order valence-corrected chi connectivity index (χ4v) is 3.05. The van der Waals surface area contributed by atoms with E-state index in [4.69, 9.17) is 0 Å². The Bertz CT molecular complexity index is 660. The molecule has 20 heavy (non-hydrogen) atoms. The third-order valence-electron chi connectivity index (χ3n) is 3.19. The second-order valence-corrected chi connectivity index (χ2v) is 5.72. The Hall–Kier alpha value is -1.99. The molecule has 0 nitrogen and oxygen atoms in total. The molecule has 0 spiro atoms. The lowest BCUT2D eigenvalue weighted by Gasteiger charge is -2.06. The molecule has 1 heteroatoms. The topological polar surface area (TPSA) is 0 Å². The van der Waals surface area contributed by atoms with Crippen molar-refractivity contribution in [3.63, 3.8) is 0 Å². The van der Waals surface area contributed by atoms with Crippen LogP contribution in [0, 0.1) is 0 Å². The predicted octanol–water partition coefficient (Wildman–Crippen LogP) is 5.65. The molecule has 0 radical (unpaired) electrons. The predicted molar refractivity (Wildman–Crippen MR) is 87.9 cm³/mol. The molecule has 0 bridgehead atoms. The van der Waals surface area contributed by atoms with Gasteiger partial charge in [-0.3, -0.25) is 0 Å². The summed E-state index contributed by atoms with van der Waals surface area (Å²) in [7, 11) is 0. The zero-order chi connectivity index (χ0) is 13.6. The summed E-state index contributed by atoms with van der Waals surface area (Å²) in [5, 5.41) is 0. The van der Waals surface area contributed by atoms with Gasteiger partial charge >= 0.3 is 0 Å². The average molecular weight is 276 g/mol. The first-order valence-corrected chi connectivity index (χ1v) is 7.72. The summed E-state index contributed by atoms with van der Waals surface area (Å²) in [5.41, 5.74) is 3.92. The van der Waals surface area contributed by atoms with Gasteiger partial charge in [0.2, 0.25) is 0 Å². The van der Waals surface area contributed by atoms with Crippen LogP contribution in [0.3, 0.4) is 0 Å². The van der Waals surface area contributed by atoms with Gasteiger partial charge in [-0.2, -0.15) is 0 Å². The molecular formula is C19H16S. The Labute approximate surface area is 124 Å². The molecule has 0 atom stereocenters. The van der Waals surface area contributed by atoms with Gasteiger partial charge < -0.3 is 0 Å². The van der Waals surface area contributed by atoms with Crippen molar-refractivity contribution in [2.24, 2.45) is 0 Å². The zero-order valence-corrected chi connectivity index (χ0v) is 12.0. The second-order valence-electron chi connectivity index (χ2n) is 4.67. The maximum absolute atomic E-state index is 2.27. The minimum absolute atomic E-state index is 1.01. The molecule has 0 amide bonds. The van der Waals surface area contributed by atoms with Crippen molar-refractivity contribution in [3.8, 4) is 11.1 Å². The fourth-order valence-electron chi connectivity index (χ4n) is 2.14. The van der Waals surface area contributed by atoms with Gasteiger partial charge in [-0.1, -0.05) is 72.8 Å². The van der Waals surface area contributed by atoms with Gasteiger partial charge in [-0.25, -0.2) is 0 Å². The highest BCUT2D eigenvalue weighted by Gasteiger charge is 2.00. The molecule has 0 unspecified atom stereocenters.